The minimum absolute atomic E-state index is 0.0185. The lowest BCUT2D eigenvalue weighted by atomic mass is 10.1. The highest BCUT2D eigenvalue weighted by molar-refractivity contribution is 7.07. The molecule has 1 heterocycles. The van der Waals surface area contributed by atoms with Crippen LogP contribution in [0.3, 0.4) is 0 Å². The van der Waals surface area contributed by atoms with E-state index in [1.807, 2.05) is 53.9 Å². The summed E-state index contributed by atoms with van der Waals surface area (Å²) in [6.45, 7) is 0.501. The largest absolute Gasteiger partial charge is 0.508 e. The average Bonchev–Trinajstić information content (AvgIpc) is 3.24. The first-order valence-corrected chi connectivity index (χ1v) is 11.0. The summed E-state index contributed by atoms with van der Waals surface area (Å²) in [5.74, 6) is 1.23. The first kappa shape index (κ1) is 22.2. The summed E-state index contributed by atoms with van der Waals surface area (Å²) in [5, 5.41) is 26.3. The molecular weight excluding hydrogens is 438 g/mol. The van der Waals surface area contributed by atoms with Crippen molar-refractivity contribution in [3.63, 3.8) is 0 Å². The second-order valence-corrected chi connectivity index (χ2v) is 7.91. The Morgan fingerprint density at radius 2 is 1.79 bits per heavy atom. The molecule has 7 nitrogen and oxygen atoms in total. The smallest absolute Gasteiger partial charge is 0.206 e. The minimum atomic E-state index is -0.0686. The van der Waals surface area contributed by atoms with Gasteiger partial charge in [-0.1, -0.05) is 30.3 Å². The molecule has 0 unspecified atom stereocenters. The van der Waals surface area contributed by atoms with Gasteiger partial charge in [-0.25, -0.2) is 4.68 Å². The van der Waals surface area contributed by atoms with E-state index in [0.717, 1.165) is 16.8 Å². The van der Waals surface area contributed by atoms with Gasteiger partial charge >= 0.3 is 0 Å². The zero-order valence-corrected chi connectivity index (χ0v) is 19.0. The minimum Gasteiger partial charge on any atom is -0.508 e. The van der Waals surface area contributed by atoms with Crippen molar-refractivity contribution in [3.05, 3.63) is 88.0 Å². The van der Waals surface area contributed by atoms with Crippen molar-refractivity contribution < 1.29 is 19.7 Å². The number of phenolic OH excluding ortho intramolecular Hbond substituents is 2. The van der Waals surface area contributed by atoms with Gasteiger partial charge in [0, 0.05) is 28.6 Å². The molecule has 0 spiro atoms. The predicted molar refractivity (Wildman–Crippen MR) is 129 cm³/mol. The molecule has 0 amide bonds. The lowest BCUT2D eigenvalue weighted by Gasteiger charge is -2.11. The molecule has 0 aliphatic carbocycles. The highest BCUT2D eigenvalue weighted by Crippen LogP contribution is 2.33. The van der Waals surface area contributed by atoms with Crippen LogP contribution in [0.5, 0.6) is 23.0 Å². The summed E-state index contributed by atoms with van der Waals surface area (Å²) in [5.41, 5.74) is 3.15. The number of aromatic nitrogens is 1. The number of methoxy groups -OCH3 is 2. The molecule has 168 valence electrons. The van der Waals surface area contributed by atoms with Gasteiger partial charge in [-0.3, -0.25) is 4.99 Å². The highest BCUT2D eigenvalue weighted by Gasteiger charge is 2.14. The molecule has 0 aliphatic rings. The summed E-state index contributed by atoms with van der Waals surface area (Å²) in [4.78, 5) is 5.44. The van der Waals surface area contributed by atoms with Crippen LogP contribution in [0.1, 0.15) is 11.1 Å². The summed E-state index contributed by atoms with van der Waals surface area (Å²) in [6, 6.07) is 19.9. The maximum atomic E-state index is 10.2. The second kappa shape index (κ2) is 10.1. The zero-order valence-electron chi connectivity index (χ0n) is 18.2. The van der Waals surface area contributed by atoms with Crippen LogP contribution >= 0.6 is 11.3 Å². The first-order chi connectivity index (χ1) is 16.1. The van der Waals surface area contributed by atoms with Crippen LogP contribution in [-0.4, -0.2) is 35.3 Å². The fourth-order valence-corrected chi connectivity index (χ4v) is 4.05. The normalized spacial score (nSPS) is 11.8. The molecule has 0 radical (unpaired) electrons. The van der Waals surface area contributed by atoms with Gasteiger partial charge in [-0.15, -0.1) is 11.3 Å². The van der Waals surface area contributed by atoms with E-state index in [9.17, 15) is 10.2 Å². The van der Waals surface area contributed by atoms with E-state index in [0.29, 0.717) is 28.4 Å². The van der Waals surface area contributed by atoms with Crippen molar-refractivity contribution in [2.75, 3.05) is 14.2 Å². The molecule has 0 fully saturated rings. The Kier molecular flexibility index (Phi) is 6.75. The van der Waals surface area contributed by atoms with Crippen LogP contribution < -0.4 is 14.3 Å². The highest BCUT2D eigenvalue weighted by atomic mass is 32.1. The van der Waals surface area contributed by atoms with Gasteiger partial charge in [-0.2, -0.15) is 5.10 Å². The van der Waals surface area contributed by atoms with E-state index in [1.54, 1.807) is 25.0 Å². The third-order valence-electron chi connectivity index (χ3n) is 4.94. The molecule has 33 heavy (non-hydrogen) atoms. The van der Waals surface area contributed by atoms with Crippen LogP contribution in [0.2, 0.25) is 0 Å². The van der Waals surface area contributed by atoms with Crippen molar-refractivity contribution in [1.29, 1.82) is 0 Å². The number of hydrogen-bond acceptors (Lipinski definition) is 7. The number of hydrogen-bond donors (Lipinski definition) is 2. The van der Waals surface area contributed by atoms with Crippen LogP contribution in [0.25, 0.3) is 11.3 Å². The van der Waals surface area contributed by atoms with Crippen molar-refractivity contribution in [2.24, 2.45) is 10.1 Å². The fourth-order valence-electron chi connectivity index (χ4n) is 3.22. The zero-order chi connectivity index (χ0) is 23.2. The Bertz CT molecular complexity index is 1340. The van der Waals surface area contributed by atoms with Crippen molar-refractivity contribution in [3.8, 4) is 34.3 Å². The second-order valence-electron chi connectivity index (χ2n) is 7.07. The van der Waals surface area contributed by atoms with Crippen molar-refractivity contribution >= 4 is 17.6 Å². The number of aromatic hydroxyl groups is 2. The van der Waals surface area contributed by atoms with E-state index in [4.69, 9.17) is 14.5 Å². The average molecular weight is 462 g/mol. The summed E-state index contributed by atoms with van der Waals surface area (Å²) in [7, 11) is 3.21. The van der Waals surface area contributed by atoms with E-state index in [-0.39, 0.29) is 11.5 Å². The summed E-state index contributed by atoms with van der Waals surface area (Å²) in [6.07, 6.45) is 1.53. The monoisotopic (exact) mass is 461 g/mol. The molecule has 0 bridgehead atoms. The number of thiazole rings is 1. The van der Waals surface area contributed by atoms with Gasteiger partial charge in [0.05, 0.1) is 32.7 Å². The molecule has 4 rings (SSSR count). The number of ether oxygens (including phenoxy) is 2. The van der Waals surface area contributed by atoms with Gasteiger partial charge in [0.25, 0.3) is 0 Å². The maximum absolute atomic E-state index is 10.2. The molecule has 0 aliphatic heterocycles. The van der Waals surface area contributed by atoms with Gasteiger partial charge in [-0.05, 0) is 29.8 Å². The molecule has 0 saturated carbocycles. The lowest BCUT2D eigenvalue weighted by Crippen LogP contribution is -2.12. The third kappa shape index (κ3) is 5.07. The lowest BCUT2D eigenvalue weighted by molar-refractivity contribution is 0.395. The predicted octanol–water partition coefficient (Wildman–Crippen LogP) is 4.63. The molecule has 3 aromatic carbocycles. The Hall–Kier alpha value is -4.04. The Morgan fingerprint density at radius 1 is 0.970 bits per heavy atom. The van der Waals surface area contributed by atoms with E-state index >= 15 is 0 Å². The van der Waals surface area contributed by atoms with E-state index in [2.05, 4.69) is 5.10 Å². The van der Waals surface area contributed by atoms with Gasteiger partial charge in [0.15, 0.2) is 0 Å². The van der Waals surface area contributed by atoms with Crippen LogP contribution in [-0.2, 0) is 6.54 Å². The van der Waals surface area contributed by atoms with Gasteiger partial charge in [0.2, 0.25) is 4.80 Å². The fraction of sp³-hybridized carbons (Fsp3) is 0.120. The molecular formula is C25H23N3O4S. The quantitative estimate of drug-likeness (QED) is 0.393. The summed E-state index contributed by atoms with van der Waals surface area (Å²) >= 11 is 1.45. The van der Waals surface area contributed by atoms with Gasteiger partial charge < -0.3 is 19.7 Å². The molecule has 2 N–H and O–H groups in total. The number of rotatable bonds is 7. The van der Waals surface area contributed by atoms with E-state index < -0.39 is 0 Å². The topological polar surface area (TPSA) is 88.6 Å². The maximum Gasteiger partial charge on any atom is 0.206 e. The Balaban J connectivity index is 1.82. The number of benzene rings is 3. The molecule has 4 aromatic rings. The summed E-state index contributed by atoms with van der Waals surface area (Å²) < 4.78 is 12.6. The Morgan fingerprint density at radius 3 is 2.52 bits per heavy atom. The Labute approximate surface area is 195 Å². The van der Waals surface area contributed by atoms with Crippen molar-refractivity contribution in [1.82, 2.24) is 4.68 Å². The van der Waals surface area contributed by atoms with Crippen LogP contribution in [0, 0.1) is 0 Å². The number of phenols is 2. The third-order valence-corrected chi connectivity index (χ3v) is 5.79. The SMILES string of the molecule is COc1ccc(-c2csc(=NCc3ccccc3)n2N=Cc2ccc(O)cc2O)c(OC)c1. The van der Waals surface area contributed by atoms with Crippen molar-refractivity contribution in [2.45, 2.75) is 6.54 Å². The van der Waals surface area contributed by atoms with Gasteiger partial charge in [0.1, 0.15) is 23.0 Å². The molecule has 0 saturated heterocycles. The molecule has 0 atom stereocenters. The van der Waals surface area contributed by atoms with Crippen LogP contribution in [0.4, 0.5) is 0 Å². The molecule has 8 heteroatoms. The molecule has 1 aromatic heterocycles. The first-order valence-electron chi connectivity index (χ1n) is 10.1. The number of nitrogens with zero attached hydrogens (tertiary/aromatic N) is 3. The standard InChI is InChI=1S/C25H23N3O4S/c1-31-20-10-11-21(24(13-20)32-2)22-16-33-25(26-14-17-6-4-3-5-7-17)28(22)27-15-18-8-9-19(29)12-23(18)30/h3-13,15-16,29-30H,14H2,1-2H3. The van der Waals surface area contributed by atoms with Crippen LogP contribution in [0.15, 0.2) is 82.2 Å². The van der Waals surface area contributed by atoms with E-state index in [1.165, 1.54) is 29.7 Å².